The Labute approximate surface area is 153 Å². The third-order valence-electron chi connectivity index (χ3n) is 4.05. The number of hydrogen-bond acceptors (Lipinski definition) is 4. The minimum atomic E-state index is -0.926. The van der Waals surface area contributed by atoms with E-state index in [-0.39, 0.29) is 22.6 Å². The fraction of sp³-hybridized carbons (Fsp3) is 0.111. The van der Waals surface area contributed by atoms with Gasteiger partial charge in [-0.15, -0.1) is 0 Å². The summed E-state index contributed by atoms with van der Waals surface area (Å²) in [5, 5.41) is 18.6. The smallest absolute Gasteiger partial charge is 0.319 e. The van der Waals surface area contributed by atoms with E-state index in [4.69, 9.17) is 0 Å². The van der Waals surface area contributed by atoms with Gasteiger partial charge in [0.05, 0.1) is 22.2 Å². The molecule has 0 saturated heterocycles. The quantitative estimate of drug-likeness (QED) is 0.567. The Morgan fingerprint density at radius 1 is 1.22 bits per heavy atom. The van der Waals surface area contributed by atoms with Gasteiger partial charge in [0.1, 0.15) is 5.82 Å². The summed E-state index contributed by atoms with van der Waals surface area (Å²) in [6.45, 7) is 1.53. The maximum Gasteiger partial charge on any atom is 0.319 e. The van der Waals surface area contributed by atoms with E-state index in [1.165, 1.54) is 43.3 Å². The van der Waals surface area contributed by atoms with Gasteiger partial charge in [0.25, 0.3) is 11.6 Å². The number of urea groups is 1. The highest BCUT2D eigenvalue weighted by Crippen LogP contribution is 2.30. The molecular weight excluding hydrogens is 355 g/mol. The SMILES string of the molecule is CC1=C(C(=O)Nc2ccccc2F)C(c2cccc([N+](=O)[O-])c2)NC(=O)N1. The first-order valence-corrected chi connectivity index (χ1v) is 7.95. The second kappa shape index (κ2) is 7.24. The highest BCUT2D eigenvalue weighted by molar-refractivity contribution is 6.06. The zero-order valence-electron chi connectivity index (χ0n) is 14.2. The van der Waals surface area contributed by atoms with Gasteiger partial charge in [0.15, 0.2) is 0 Å². The van der Waals surface area contributed by atoms with Gasteiger partial charge in [-0.25, -0.2) is 9.18 Å². The van der Waals surface area contributed by atoms with Crippen molar-refractivity contribution in [2.45, 2.75) is 13.0 Å². The molecule has 3 rings (SSSR count). The Hall–Kier alpha value is -3.75. The lowest BCUT2D eigenvalue weighted by Crippen LogP contribution is -2.46. The number of nitro groups is 1. The molecular formula is C18H15FN4O4. The highest BCUT2D eigenvalue weighted by Gasteiger charge is 2.32. The molecule has 1 aliphatic rings. The average molecular weight is 370 g/mol. The number of anilines is 1. The molecule has 8 nitrogen and oxygen atoms in total. The highest BCUT2D eigenvalue weighted by atomic mass is 19.1. The number of allylic oxidation sites excluding steroid dienone is 1. The number of nitrogens with one attached hydrogen (secondary N) is 3. The van der Waals surface area contributed by atoms with Gasteiger partial charge in [-0.1, -0.05) is 24.3 Å². The fourth-order valence-electron chi connectivity index (χ4n) is 2.82. The summed E-state index contributed by atoms with van der Waals surface area (Å²) in [4.78, 5) is 35.1. The molecule has 1 unspecified atom stereocenters. The largest absolute Gasteiger partial charge is 0.327 e. The molecule has 0 aromatic heterocycles. The number of para-hydroxylation sites is 1. The lowest BCUT2D eigenvalue weighted by atomic mass is 9.94. The Bertz CT molecular complexity index is 973. The van der Waals surface area contributed by atoms with Crippen LogP contribution in [0, 0.1) is 15.9 Å². The van der Waals surface area contributed by atoms with Crippen LogP contribution < -0.4 is 16.0 Å². The number of rotatable bonds is 4. The summed E-state index contributed by atoms with van der Waals surface area (Å²) in [5.41, 5.74) is 0.559. The topological polar surface area (TPSA) is 113 Å². The molecule has 0 bridgehead atoms. The lowest BCUT2D eigenvalue weighted by Gasteiger charge is -2.28. The zero-order chi connectivity index (χ0) is 19.6. The van der Waals surface area contributed by atoms with Gasteiger partial charge >= 0.3 is 6.03 Å². The van der Waals surface area contributed by atoms with E-state index in [0.717, 1.165) is 0 Å². The molecule has 9 heteroatoms. The Kier molecular flexibility index (Phi) is 4.84. The zero-order valence-corrected chi connectivity index (χ0v) is 14.2. The van der Waals surface area contributed by atoms with Crippen LogP contribution in [0.3, 0.4) is 0 Å². The molecule has 0 aliphatic carbocycles. The van der Waals surface area contributed by atoms with Crippen LogP contribution in [-0.2, 0) is 4.79 Å². The van der Waals surface area contributed by atoms with Crippen molar-refractivity contribution in [3.63, 3.8) is 0 Å². The molecule has 1 heterocycles. The molecule has 0 radical (unpaired) electrons. The Morgan fingerprint density at radius 3 is 2.67 bits per heavy atom. The van der Waals surface area contributed by atoms with Crippen LogP contribution in [0.1, 0.15) is 18.5 Å². The summed E-state index contributed by atoms with van der Waals surface area (Å²) < 4.78 is 13.8. The predicted molar refractivity (Wildman–Crippen MR) is 95.2 cm³/mol. The summed E-state index contributed by atoms with van der Waals surface area (Å²) in [5.74, 6) is -1.24. The van der Waals surface area contributed by atoms with E-state index in [1.54, 1.807) is 12.1 Å². The van der Waals surface area contributed by atoms with E-state index in [0.29, 0.717) is 5.56 Å². The number of non-ortho nitro benzene ring substituents is 1. The van der Waals surface area contributed by atoms with Crippen molar-refractivity contribution in [1.82, 2.24) is 10.6 Å². The van der Waals surface area contributed by atoms with E-state index in [9.17, 15) is 24.1 Å². The third kappa shape index (κ3) is 3.76. The van der Waals surface area contributed by atoms with Gasteiger partial charge < -0.3 is 16.0 Å². The predicted octanol–water partition coefficient (Wildman–Crippen LogP) is 3.00. The van der Waals surface area contributed by atoms with E-state index in [2.05, 4.69) is 16.0 Å². The van der Waals surface area contributed by atoms with Crippen LogP contribution >= 0.6 is 0 Å². The number of halogens is 1. The summed E-state index contributed by atoms with van der Waals surface area (Å²) in [6.07, 6.45) is 0. The van der Waals surface area contributed by atoms with E-state index in [1.807, 2.05) is 0 Å². The first kappa shape index (κ1) is 18.1. The minimum Gasteiger partial charge on any atom is -0.327 e. The van der Waals surface area contributed by atoms with Crippen molar-refractivity contribution < 1.29 is 18.9 Å². The monoisotopic (exact) mass is 370 g/mol. The molecule has 3 amide bonds. The van der Waals surface area contributed by atoms with Crippen molar-refractivity contribution in [3.8, 4) is 0 Å². The van der Waals surface area contributed by atoms with E-state index >= 15 is 0 Å². The first-order chi connectivity index (χ1) is 12.9. The number of nitrogens with zero attached hydrogens (tertiary/aromatic N) is 1. The number of carbonyl (C=O) groups is 2. The number of carbonyl (C=O) groups excluding carboxylic acids is 2. The summed E-state index contributed by atoms with van der Waals surface area (Å²) >= 11 is 0. The molecule has 2 aromatic rings. The third-order valence-corrected chi connectivity index (χ3v) is 4.05. The van der Waals surface area contributed by atoms with Gasteiger partial charge in [-0.05, 0) is 24.6 Å². The molecule has 138 valence electrons. The molecule has 0 saturated carbocycles. The molecule has 1 aliphatic heterocycles. The summed E-state index contributed by atoms with van der Waals surface area (Å²) in [7, 11) is 0. The second-order valence-corrected chi connectivity index (χ2v) is 5.86. The molecule has 3 N–H and O–H groups in total. The number of amides is 3. The fourth-order valence-corrected chi connectivity index (χ4v) is 2.82. The van der Waals surface area contributed by atoms with Crippen molar-refractivity contribution in [2.24, 2.45) is 0 Å². The van der Waals surface area contributed by atoms with Gasteiger partial charge in [-0.2, -0.15) is 0 Å². The van der Waals surface area contributed by atoms with Crippen LogP contribution in [0.5, 0.6) is 0 Å². The number of benzene rings is 2. The van der Waals surface area contributed by atoms with Gasteiger partial charge in [0.2, 0.25) is 0 Å². The average Bonchev–Trinajstić information content (AvgIpc) is 2.63. The molecule has 0 spiro atoms. The van der Waals surface area contributed by atoms with Crippen molar-refractivity contribution in [1.29, 1.82) is 0 Å². The first-order valence-electron chi connectivity index (χ1n) is 7.95. The van der Waals surface area contributed by atoms with Crippen molar-refractivity contribution in [3.05, 3.63) is 81.3 Å². The van der Waals surface area contributed by atoms with E-state index < -0.39 is 28.7 Å². The summed E-state index contributed by atoms with van der Waals surface area (Å²) in [6, 6.07) is 9.80. The Balaban J connectivity index is 1.99. The minimum absolute atomic E-state index is 0.0162. The maximum atomic E-state index is 13.8. The van der Waals surface area contributed by atoms with Crippen LogP contribution in [0.15, 0.2) is 59.8 Å². The molecule has 1 atom stereocenters. The molecule has 2 aromatic carbocycles. The van der Waals surface area contributed by atoms with Crippen LogP contribution in [0.4, 0.5) is 20.6 Å². The lowest BCUT2D eigenvalue weighted by molar-refractivity contribution is -0.384. The second-order valence-electron chi connectivity index (χ2n) is 5.86. The van der Waals surface area contributed by atoms with Crippen LogP contribution in [0.25, 0.3) is 0 Å². The van der Waals surface area contributed by atoms with Crippen molar-refractivity contribution in [2.75, 3.05) is 5.32 Å². The molecule has 0 fully saturated rings. The van der Waals surface area contributed by atoms with Gasteiger partial charge in [0, 0.05) is 17.8 Å². The van der Waals surface area contributed by atoms with Crippen molar-refractivity contribution >= 4 is 23.3 Å². The van der Waals surface area contributed by atoms with Gasteiger partial charge in [-0.3, -0.25) is 14.9 Å². The maximum absolute atomic E-state index is 13.8. The van der Waals surface area contributed by atoms with Crippen LogP contribution in [0.2, 0.25) is 0 Å². The molecule has 27 heavy (non-hydrogen) atoms. The van der Waals surface area contributed by atoms with Crippen LogP contribution in [-0.4, -0.2) is 16.9 Å². The normalized spacial score (nSPS) is 16.4. The standard InChI is InChI=1S/C18H15FN4O4/c1-10-15(17(24)21-14-8-3-2-7-13(14)19)16(22-18(25)20-10)11-5-4-6-12(9-11)23(26)27/h2-9,16H,1H3,(H,21,24)(H2,20,22,25). The Morgan fingerprint density at radius 2 is 1.96 bits per heavy atom. The number of hydrogen-bond donors (Lipinski definition) is 3. The number of nitro benzene ring substituents is 1.